The summed E-state index contributed by atoms with van der Waals surface area (Å²) in [5.41, 5.74) is 1.58. The van der Waals surface area contributed by atoms with E-state index in [1.165, 1.54) is 0 Å². The maximum Gasteiger partial charge on any atom is 0.320 e. The number of H-pyrrole nitrogens is 1. The van der Waals surface area contributed by atoms with Gasteiger partial charge in [0.1, 0.15) is 5.25 Å². The highest BCUT2D eigenvalue weighted by Gasteiger charge is 2.24. The predicted octanol–water partition coefficient (Wildman–Crippen LogP) is 1.49. The lowest BCUT2D eigenvalue weighted by molar-refractivity contribution is -0.305. The van der Waals surface area contributed by atoms with Crippen LogP contribution in [0.4, 0.5) is 0 Å². The van der Waals surface area contributed by atoms with E-state index < -0.39 is 23.6 Å². The number of aromatic amines is 1. The summed E-state index contributed by atoms with van der Waals surface area (Å²) >= 11 is 1.03. The molecule has 1 atom stereocenters. The number of ether oxygens (including phenoxy) is 1. The zero-order chi connectivity index (χ0) is 15.4. The van der Waals surface area contributed by atoms with Crippen LogP contribution >= 0.6 is 11.8 Å². The summed E-state index contributed by atoms with van der Waals surface area (Å²) < 4.78 is 5.07. The van der Waals surface area contributed by atoms with Crippen LogP contribution in [0.5, 0.6) is 0 Å². The number of nitrogens with one attached hydrogen (secondary N) is 1. The van der Waals surface area contributed by atoms with E-state index in [0.29, 0.717) is 5.16 Å². The second kappa shape index (κ2) is 7.81. The number of aromatic nitrogens is 2. The minimum Gasteiger partial charge on any atom is -0.550 e. The summed E-state index contributed by atoms with van der Waals surface area (Å²) in [7, 11) is 0. The fourth-order valence-electron chi connectivity index (χ4n) is 1.75. The fourth-order valence-corrected chi connectivity index (χ4v) is 2.71. The summed E-state index contributed by atoms with van der Waals surface area (Å²) in [6, 6.07) is 7.40. The number of carbonyl (C=O) groups excluding carboxylic acids is 2. The maximum absolute atomic E-state index is 11.9. The first kappa shape index (κ1) is 18.0. The van der Waals surface area contributed by atoms with E-state index in [2.05, 4.69) is 9.97 Å². The molecule has 1 unspecified atom stereocenters. The summed E-state index contributed by atoms with van der Waals surface area (Å²) in [5, 5.41) is 10.4. The number of hydrogen-bond acceptors (Lipinski definition) is 6. The Balaban J connectivity index is 0.00000242. The van der Waals surface area contributed by atoms with Crippen LogP contribution in [0.15, 0.2) is 29.4 Å². The van der Waals surface area contributed by atoms with E-state index in [-0.39, 0.29) is 12.3 Å². The Kier molecular flexibility index (Phi) is 6.39. The number of fused-ring (bicyclic) bond motifs is 1. The molecule has 0 radical (unpaired) electrons. The van der Waals surface area contributed by atoms with Crippen molar-refractivity contribution >= 4 is 34.7 Å². The molecule has 7 nitrogen and oxygen atoms in total. The van der Waals surface area contributed by atoms with Gasteiger partial charge >= 0.3 is 5.97 Å². The van der Waals surface area contributed by atoms with Gasteiger partial charge in [0.2, 0.25) is 0 Å². The molecule has 2 aromatic rings. The maximum atomic E-state index is 11.9. The SMILES string of the molecule is CC(C)OC(=O)C(CC(=O)[O-])Sc1nc2ccccc2[nH]1.[NH4+]. The number of para-hydroxylation sites is 2. The molecule has 0 aliphatic rings. The van der Waals surface area contributed by atoms with E-state index in [4.69, 9.17) is 4.74 Å². The Morgan fingerprint density at radius 1 is 1.36 bits per heavy atom. The number of carboxylic acid groups (broad SMARTS) is 1. The van der Waals surface area contributed by atoms with Crippen molar-refractivity contribution in [1.82, 2.24) is 16.1 Å². The van der Waals surface area contributed by atoms with Crippen molar-refractivity contribution in [1.29, 1.82) is 0 Å². The van der Waals surface area contributed by atoms with E-state index in [1.54, 1.807) is 13.8 Å². The average molecular weight is 325 g/mol. The Hall–Kier alpha value is -2.06. The third kappa shape index (κ3) is 4.74. The molecule has 8 heteroatoms. The molecule has 0 saturated carbocycles. The molecule has 1 heterocycles. The first-order valence-electron chi connectivity index (χ1n) is 6.47. The minimum absolute atomic E-state index is 0. The van der Waals surface area contributed by atoms with Crippen molar-refractivity contribution in [3.05, 3.63) is 24.3 Å². The van der Waals surface area contributed by atoms with Gasteiger partial charge in [0.05, 0.1) is 17.1 Å². The number of hydrogen-bond donors (Lipinski definition) is 2. The van der Waals surface area contributed by atoms with Crippen LogP contribution in [0.1, 0.15) is 20.3 Å². The predicted molar refractivity (Wildman–Crippen MR) is 82.6 cm³/mol. The lowest BCUT2D eigenvalue weighted by atomic mass is 10.3. The number of esters is 1. The molecule has 22 heavy (non-hydrogen) atoms. The number of quaternary nitrogens is 1. The molecule has 2 rings (SSSR count). The van der Waals surface area contributed by atoms with Gasteiger partial charge in [0.25, 0.3) is 0 Å². The Bertz CT molecular complexity index is 623. The van der Waals surface area contributed by atoms with Crippen molar-refractivity contribution < 1.29 is 19.4 Å². The van der Waals surface area contributed by atoms with Crippen LogP contribution in [0.2, 0.25) is 0 Å². The first-order chi connectivity index (χ1) is 9.95. The van der Waals surface area contributed by atoms with Gasteiger partial charge < -0.3 is 25.8 Å². The number of benzene rings is 1. The molecule has 0 spiro atoms. The van der Waals surface area contributed by atoms with E-state index in [1.807, 2.05) is 24.3 Å². The molecule has 0 bridgehead atoms. The topological polar surface area (TPSA) is 132 Å². The van der Waals surface area contributed by atoms with Gasteiger partial charge in [0.15, 0.2) is 5.16 Å². The second-order valence-electron chi connectivity index (χ2n) is 4.73. The minimum atomic E-state index is -1.30. The molecule has 1 aromatic heterocycles. The van der Waals surface area contributed by atoms with Crippen LogP contribution in [0, 0.1) is 0 Å². The summed E-state index contributed by atoms with van der Waals surface area (Å²) in [4.78, 5) is 30.1. The van der Waals surface area contributed by atoms with Crippen molar-refractivity contribution in [2.24, 2.45) is 0 Å². The van der Waals surface area contributed by atoms with Crippen molar-refractivity contribution in [2.45, 2.75) is 36.8 Å². The van der Waals surface area contributed by atoms with Crippen LogP contribution < -0.4 is 11.3 Å². The lowest BCUT2D eigenvalue weighted by Crippen LogP contribution is -2.32. The molecule has 1 aromatic carbocycles. The number of rotatable bonds is 6. The largest absolute Gasteiger partial charge is 0.550 e. The quantitative estimate of drug-likeness (QED) is 0.611. The van der Waals surface area contributed by atoms with Crippen molar-refractivity contribution in [2.75, 3.05) is 0 Å². The standard InChI is InChI=1S/C14H16N2O4S.H3N/c1-8(2)20-13(19)11(7-12(17)18)21-14-15-9-5-3-4-6-10(9)16-14;/h3-6,8,11H,7H2,1-2H3,(H,15,16)(H,17,18);1H3. The first-order valence-corrected chi connectivity index (χ1v) is 7.35. The van der Waals surface area contributed by atoms with Gasteiger partial charge in [0, 0.05) is 12.4 Å². The lowest BCUT2D eigenvalue weighted by Gasteiger charge is -2.16. The molecule has 0 saturated heterocycles. The fraction of sp³-hybridized carbons (Fsp3) is 0.357. The molecule has 5 N–H and O–H groups in total. The monoisotopic (exact) mass is 325 g/mol. The smallest absolute Gasteiger partial charge is 0.320 e. The van der Waals surface area contributed by atoms with E-state index in [9.17, 15) is 14.7 Å². The van der Waals surface area contributed by atoms with Crippen molar-refractivity contribution in [3.63, 3.8) is 0 Å². The third-order valence-corrected chi connectivity index (χ3v) is 3.65. The van der Waals surface area contributed by atoms with Gasteiger partial charge in [-0.05, 0) is 26.0 Å². The normalized spacial score (nSPS) is 12.0. The average Bonchev–Trinajstić information content (AvgIpc) is 2.78. The highest BCUT2D eigenvalue weighted by Crippen LogP contribution is 2.26. The number of thioether (sulfide) groups is 1. The van der Waals surface area contributed by atoms with Crippen LogP contribution in [-0.4, -0.2) is 33.3 Å². The van der Waals surface area contributed by atoms with E-state index >= 15 is 0 Å². The third-order valence-electron chi connectivity index (χ3n) is 2.59. The van der Waals surface area contributed by atoms with Gasteiger partial charge in [-0.3, -0.25) is 4.79 Å². The number of nitrogens with zero attached hydrogens (tertiary/aromatic N) is 1. The molecule has 0 aliphatic heterocycles. The molecular weight excluding hydrogens is 306 g/mol. The second-order valence-corrected chi connectivity index (χ2v) is 5.92. The summed E-state index contributed by atoms with van der Waals surface area (Å²) in [5.74, 6) is -1.89. The van der Waals surface area contributed by atoms with Gasteiger partial charge in [-0.15, -0.1) is 0 Å². The van der Waals surface area contributed by atoms with Gasteiger partial charge in [-0.2, -0.15) is 0 Å². The Morgan fingerprint density at radius 2 is 2.05 bits per heavy atom. The van der Waals surface area contributed by atoms with Crippen LogP contribution in [-0.2, 0) is 14.3 Å². The Morgan fingerprint density at radius 3 is 2.64 bits per heavy atom. The summed E-state index contributed by atoms with van der Waals surface area (Å²) in [6.07, 6.45) is -0.731. The highest BCUT2D eigenvalue weighted by atomic mass is 32.2. The number of imidazole rings is 1. The zero-order valence-electron chi connectivity index (χ0n) is 12.7. The summed E-state index contributed by atoms with van der Waals surface area (Å²) in [6.45, 7) is 3.42. The molecule has 0 amide bonds. The molecular formula is C14H19N3O4S. The molecule has 120 valence electrons. The van der Waals surface area contributed by atoms with Crippen LogP contribution in [0.3, 0.4) is 0 Å². The molecule has 0 aliphatic carbocycles. The number of aliphatic carboxylic acids is 1. The van der Waals surface area contributed by atoms with Gasteiger partial charge in [-0.25, -0.2) is 4.98 Å². The van der Waals surface area contributed by atoms with Crippen LogP contribution in [0.25, 0.3) is 11.0 Å². The number of carbonyl (C=O) groups is 2. The Labute approximate surface area is 132 Å². The number of carboxylic acids is 1. The molecule has 0 fully saturated rings. The van der Waals surface area contributed by atoms with Gasteiger partial charge in [-0.1, -0.05) is 23.9 Å². The van der Waals surface area contributed by atoms with Crippen molar-refractivity contribution in [3.8, 4) is 0 Å². The highest BCUT2D eigenvalue weighted by molar-refractivity contribution is 8.00. The zero-order valence-corrected chi connectivity index (χ0v) is 13.5. The van der Waals surface area contributed by atoms with E-state index in [0.717, 1.165) is 22.8 Å².